The van der Waals surface area contributed by atoms with E-state index in [0.717, 1.165) is 24.3 Å². The zero-order chi connectivity index (χ0) is 13.9. The van der Waals surface area contributed by atoms with E-state index in [2.05, 4.69) is 58.9 Å². The van der Waals surface area contributed by atoms with E-state index in [1.54, 1.807) is 0 Å². The number of hydrogen-bond donors (Lipinski definition) is 0. The van der Waals surface area contributed by atoms with Crippen molar-refractivity contribution >= 4 is 22.6 Å². The normalized spacial score (nSPS) is 11.1. The lowest BCUT2D eigenvalue weighted by molar-refractivity contribution is 0.688. The Kier molecular flexibility index (Phi) is 3.75. The molecule has 0 unspecified atom stereocenters. The van der Waals surface area contributed by atoms with Gasteiger partial charge in [0.1, 0.15) is 5.82 Å². The minimum Gasteiger partial charge on any atom is -0.327 e. The summed E-state index contributed by atoms with van der Waals surface area (Å²) in [4.78, 5) is 4.67. The summed E-state index contributed by atoms with van der Waals surface area (Å²) in [6.07, 6.45) is 0.990. The molecule has 3 aromatic rings. The van der Waals surface area contributed by atoms with Crippen LogP contribution in [0.1, 0.15) is 17.0 Å². The molecule has 0 saturated carbocycles. The van der Waals surface area contributed by atoms with Crippen LogP contribution in [0.25, 0.3) is 11.0 Å². The zero-order valence-electron chi connectivity index (χ0n) is 11.5. The number of aromatic nitrogens is 2. The maximum atomic E-state index is 6.05. The van der Waals surface area contributed by atoms with Crippen LogP contribution in [0.4, 0.5) is 0 Å². The summed E-state index contributed by atoms with van der Waals surface area (Å²) in [7, 11) is 0. The van der Waals surface area contributed by atoms with E-state index in [0.29, 0.717) is 5.88 Å². The van der Waals surface area contributed by atoms with Crippen molar-refractivity contribution < 1.29 is 0 Å². The molecule has 0 aliphatic heterocycles. The number of nitrogens with zero attached hydrogens (tertiary/aromatic N) is 2. The summed E-state index contributed by atoms with van der Waals surface area (Å²) in [5, 5.41) is 0. The van der Waals surface area contributed by atoms with Crippen molar-refractivity contribution in [2.45, 2.75) is 25.8 Å². The number of fused-ring (bicyclic) bond motifs is 1. The maximum Gasteiger partial charge on any atom is 0.124 e. The molecule has 2 nitrogen and oxygen atoms in total. The molecule has 0 atom stereocenters. The molecule has 1 aromatic heterocycles. The van der Waals surface area contributed by atoms with Gasteiger partial charge in [0.15, 0.2) is 0 Å². The van der Waals surface area contributed by atoms with Crippen LogP contribution >= 0.6 is 11.6 Å². The average molecular weight is 285 g/mol. The van der Waals surface area contributed by atoms with E-state index >= 15 is 0 Å². The minimum absolute atomic E-state index is 0.447. The van der Waals surface area contributed by atoms with Crippen molar-refractivity contribution in [1.29, 1.82) is 0 Å². The number of para-hydroxylation sites is 1. The highest BCUT2D eigenvalue weighted by molar-refractivity contribution is 6.16. The number of hydrogen-bond acceptors (Lipinski definition) is 1. The van der Waals surface area contributed by atoms with Crippen LogP contribution in [0.2, 0.25) is 0 Å². The number of rotatable bonds is 4. The van der Waals surface area contributed by atoms with Gasteiger partial charge in [-0.15, -0.1) is 11.6 Å². The molecule has 102 valence electrons. The lowest BCUT2D eigenvalue weighted by Gasteiger charge is -2.08. The number of alkyl halides is 1. The van der Waals surface area contributed by atoms with Crippen LogP contribution in [0, 0.1) is 6.92 Å². The van der Waals surface area contributed by atoms with E-state index in [4.69, 9.17) is 11.6 Å². The third kappa shape index (κ3) is 2.44. The number of benzene rings is 2. The molecule has 0 fully saturated rings. The Labute approximate surface area is 124 Å². The van der Waals surface area contributed by atoms with Gasteiger partial charge in [-0.3, -0.25) is 0 Å². The van der Waals surface area contributed by atoms with Gasteiger partial charge in [-0.25, -0.2) is 4.98 Å². The highest BCUT2D eigenvalue weighted by atomic mass is 35.5. The predicted octanol–water partition coefficient (Wildman–Crippen LogP) is 4.33. The minimum atomic E-state index is 0.447. The van der Waals surface area contributed by atoms with Gasteiger partial charge in [-0.05, 0) is 30.5 Å². The van der Waals surface area contributed by atoms with Crippen molar-refractivity contribution in [3.8, 4) is 0 Å². The number of aryl methyl sites for hydroxylation is 3. The molecule has 0 saturated heterocycles. The molecular weight excluding hydrogens is 268 g/mol. The standard InChI is InChI=1S/C17H17ClN2/c1-13-6-5-9-15-17(13)19-16(12-18)20(15)11-10-14-7-3-2-4-8-14/h2-9H,10-12H2,1H3. The fourth-order valence-electron chi connectivity index (χ4n) is 2.57. The number of imidazole rings is 1. The van der Waals surface area contributed by atoms with Crippen LogP contribution in [0.3, 0.4) is 0 Å². The molecule has 0 bridgehead atoms. The monoisotopic (exact) mass is 284 g/mol. The van der Waals surface area contributed by atoms with E-state index in [1.165, 1.54) is 16.6 Å². The summed E-state index contributed by atoms with van der Waals surface area (Å²) in [6, 6.07) is 16.8. The first kappa shape index (κ1) is 13.2. The molecule has 0 amide bonds. The topological polar surface area (TPSA) is 17.8 Å². The Balaban J connectivity index is 1.96. The van der Waals surface area contributed by atoms with Crippen molar-refractivity contribution in [3.63, 3.8) is 0 Å². The van der Waals surface area contributed by atoms with Gasteiger partial charge in [0.05, 0.1) is 16.9 Å². The van der Waals surface area contributed by atoms with E-state index < -0.39 is 0 Å². The van der Waals surface area contributed by atoms with Crippen molar-refractivity contribution in [3.05, 3.63) is 65.5 Å². The van der Waals surface area contributed by atoms with Gasteiger partial charge in [0.2, 0.25) is 0 Å². The second-order valence-electron chi connectivity index (χ2n) is 4.99. The fourth-order valence-corrected chi connectivity index (χ4v) is 2.78. The van der Waals surface area contributed by atoms with Crippen LogP contribution in [0.5, 0.6) is 0 Å². The van der Waals surface area contributed by atoms with Gasteiger partial charge in [0, 0.05) is 6.54 Å². The second kappa shape index (κ2) is 5.68. The third-order valence-electron chi connectivity index (χ3n) is 3.65. The van der Waals surface area contributed by atoms with Gasteiger partial charge >= 0.3 is 0 Å². The third-order valence-corrected chi connectivity index (χ3v) is 3.89. The first-order chi connectivity index (χ1) is 9.79. The Morgan fingerprint density at radius 3 is 2.60 bits per heavy atom. The summed E-state index contributed by atoms with van der Waals surface area (Å²) in [5.74, 6) is 1.40. The van der Waals surface area contributed by atoms with Crippen molar-refractivity contribution in [1.82, 2.24) is 9.55 Å². The lowest BCUT2D eigenvalue weighted by Crippen LogP contribution is -2.05. The van der Waals surface area contributed by atoms with E-state index in [9.17, 15) is 0 Å². The van der Waals surface area contributed by atoms with E-state index in [1.807, 2.05) is 6.07 Å². The lowest BCUT2D eigenvalue weighted by atomic mass is 10.1. The SMILES string of the molecule is Cc1cccc2c1nc(CCl)n2CCc1ccccc1. The van der Waals surface area contributed by atoms with Gasteiger partial charge in [0.25, 0.3) is 0 Å². The molecule has 0 radical (unpaired) electrons. The molecule has 3 heteroatoms. The highest BCUT2D eigenvalue weighted by Gasteiger charge is 2.11. The van der Waals surface area contributed by atoms with Crippen LogP contribution in [-0.4, -0.2) is 9.55 Å². The smallest absolute Gasteiger partial charge is 0.124 e. The van der Waals surface area contributed by atoms with Crippen molar-refractivity contribution in [2.24, 2.45) is 0 Å². The molecule has 2 aromatic carbocycles. The van der Waals surface area contributed by atoms with Gasteiger partial charge in [-0.2, -0.15) is 0 Å². The molecule has 3 rings (SSSR count). The highest BCUT2D eigenvalue weighted by Crippen LogP contribution is 2.21. The predicted molar refractivity (Wildman–Crippen MR) is 84.2 cm³/mol. The van der Waals surface area contributed by atoms with Gasteiger partial charge < -0.3 is 4.57 Å². The quantitative estimate of drug-likeness (QED) is 0.652. The van der Waals surface area contributed by atoms with Gasteiger partial charge in [-0.1, -0.05) is 42.5 Å². The summed E-state index contributed by atoms with van der Waals surface area (Å²) < 4.78 is 2.24. The van der Waals surface area contributed by atoms with Crippen LogP contribution in [0.15, 0.2) is 48.5 Å². The van der Waals surface area contributed by atoms with Crippen LogP contribution in [-0.2, 0) is 18.8 Å². The molecular formula is C17H17ClN2. The maximum absolute atomic E-state index is 6.05. The van der Waals surface area contributed by atoms with Crippen LogP contribution < -0.4 is 0 Å². The summed E-state index contributed by atoms with van der Waals surface area (Å²) in [6.45, 7) is 3.00. The Morgan fingerprint density at radius 1 is 1.05 bits per heavy atom. The Bertz CT molecular complexity index is 716. The number of halogens is 1. The van der Waals surface area contributed by atoms with E-state index in [-0.39, 0.29) is 0 Å². The second-order valence-corrected chi connectivity index (χ2v) is 5.26. The van der Waals surface area contributed by atoms with Crippen molar-refractivity contribution in [2.75, 3.05) is 0 Å². The molecule has 1 heterocycles. The molecule has 0 N–H and O–H groups in total. The molecule has 0 aliphatic rings. The Morgan fingerprint density at radius 2 is 1.85 bits per heavy atom. The summed E-state index contributed by atoms with van der Waals surface area (Å²) in [5.41, 5.74) is 4.78. The fraction of sp³-hybridized carbons (Fsp3) is 0.235. The molecule has 20 heavy (non-hydrogen) atoms. The first-order valence-electron chi connectivity index (χ1n) is 6.84. The average Bonchev–Trinajstić information content (AvgIpc) is 2.85. The largest absolute Gasteiger partial charge is 0.327 e. The zero-order valence-corrected chi connectivity index (χ0v) is 12.3. The summed E-state index contributed by atoms with van der Waals surface area (Å²) >= 11 is 6.05. The first-order valence-corrected chi connectivity index (χ1v) is 7.37. The molecule has 0 spiro atoms. The molecule has 0 aliphatic carbocycles. The Hall–Kier alpha value is -1.80.